The first kappa shape index (κ1) is 19.7. The van der Waals surface area contributed by atoms with E-state index in [1.165, 1.54) is 47.0 Å². The van der Waals surface area contributed by atoms with Gasteiger partial charge in [0.2, 0.25) is 0 Å². The Bertz CT molecular complexity index is 1290. The fourth-order valence-corrected chi connectivity index (χ4v) is 3.49. The maximum absolute atomic E-state index is 12.6. The number of aromatic amines is 1. The van der Waals surface area contributed by atoms with Crippen LogP contribution in [-0.4, -0.2) is 26.2 Å². The third kappa shape index (κ3) is 3.77. The molecule has 0 atom stereocenters. The number of non-ortho nitro benzene ring substituents is 1. The molecule has 2 heterocycles. The van der Waals surface area contributed by atoms with E-state index in [2.05, 4.69) is 40.5 Å². The second-order valence-corrected chi connectivity index (χ2v) is 7.28. The van der Waals surface area contributed by atoms with E-state index in [4.69, 9.17) is 11.6 Å². The summed E-state index contributed by atoms with van der Waals surface area (Å²) in [7, 11) is 0. The van der Waals surface area contributed by atoms with Crippen LogP contribution in [0.1, 0.15) is 11.1 Å². The first-order valence-corrected chi connectivity index (χ1v) is 9.65. The lowest BCUT2D eigenvalue weighted by molar-refractivity contribution is -0.384. The zero-order valence-corrected chi connectivity index (χ0v) is 16.8. The summed E-state index contributed by atoms with van der Waals surface area (Å²) in [6, 6.07) is 11.8. The second-order valence-electron chi connectivity index (χ2n) is 6.90. The normalized spacial score (nSPS) is 11.0. The van der Waals surface area contributed by atoms with Gasteiger partial charge >= 0.3 is 0 Å². The van der Waals surface area contributed by atoms with Gasteiger partial charge in [0.25, 0.3) is 11.2 Å². The van der Waals surface area contributed by atoms with E-state index >= 15 is 0 Å². The molecule has 152 valence electrons. The molecule has 0 spiro atoms. The largest absolute Gasteiger partial charge is 0.382 e. The lowest BCUT2D eigenvalue weighted by Crippen LogP contribution is -2.23. The standard InChI is InChI=1S/C21H18ClN5O3/c1-13-2-7-17-14(11-24-18(17)10-13)8-9-23-19-12-25-26(21(28)20(19)22)15-3-5-16(6-4-15)27(29)30/h2-7,10-12,23-24H,8-9H2,1H3. The Morgan fingerprint density at radius 1 is 1.23 bits per heavy atom. The Morgan fingerprint density at radius 3 is 2.73 bits per heavy atom. The Hall–Kier alpha value is -3.65. The number of nitrogens with one attached hydrogen (secondary N) is 2. The minimum absolute atomic E-state index is 0.0119. The van der Waals surface area contributed by atoms with E-state index in [9.17, 15) is 14.9 Å². The number of nitro benzene ring substituents is 1. The van der Waals surface area contributed by atoms with Crippen LogP contribution >= 0.6 is 11.6 Å². The summed E-state index contributed by atoms with van der Waals surface area (Å²) in [5.74, 6) is 0. The monoisotopic (exact) mass is 423 g/mol. The van der Waals surface area contributed by atoms with E-state index in [1.54, 1.807) is 0 Å². The Balaban J connectivity index is 1.49. The molecule has 0 aliphatic heterocycles. The van der Waals surface area contributed by atoms with Crippen LogP contribution in [0.5, 0.6) is 0 Å². The third-order valence-corrected chi connectivity index (χ3v) is 5.22. The molecule has 0 saturated heterocycles. The number of anilines is 1. The van der Waals surface area contributed by atoms with Crippen molar-refractivity contribution in [3.63, 3.8) is 0 Å². The van der Waals surface area contributed by atoms with Gasteiger partial charge in [-0.3, -0.25) is 14.9 Å². The summed E-state index contributed by atoms with van der Waals surface area (Å²) < 4.78 is 1.11. The Kier molecular flexibility index (Phi) is 5.24. The number of hydrogen-bond donors (Lipinski definition) is 2. The SMILES string of the molecule is Cc1ccc2c(CCNc3cnn(-c4ccc([N+](=O)[O-])cc4)c(=O)c3Cl)c[nH]c2c1. The van der Waals surface area contributed by atoms with Gasteiger partial charge in [0, 0.05) is 35.8 Å². The van der Waals surface area contributed by atoms with Gasteiger partial charge in [-0.15, -0.1) is 0 Å². The summed E-state index contributed by atoms with van der Waals surface area (Å²) in [6.07, 6.45) is 4.20. The van der Waals surface area contributed by atoms with Gasteiger partial charge in [-0.2, -0.15) is 9.78 Å². The van der Waals surface area contributed by atoms with Crippen molar-refractivity contribution in [2.24, 2.45) is 0 Å². The Morgan fingerprint density at radius 2 is 2.00 bits per heavy atom. The van der Waals surface area contributed by atoms with Crippen molar-refractivity contribution in [1.29, 1.82) is 0 Å². The molecule has 0 amide bonds. The van der Waals surface area contributed by atoms with Gasteiger partial charge in [-0.1, -0.05) is 23.7 Å². The Labute approximate surface area is 176 Å². The van der Waals surface area contributed by atoms with Crippen molar-refractivity contribution < 1.29 is 4.92 Å². The summed E-state index contributed by atoms with van der Waals surface area (Å²) in [5, 5.41) is 19.3. The molecule has 0 aliphatic carbocycles. The molecule has 0 radical (unpaired) electrons. The van der Waals surface area contributed by atoms with Gasteiger partial charge in [0.1, 0.15) is 5.02 Å². The summed E-state index contributed by atoms with van der Waals surface area (Å²) in [4.78, 5) is 26.1. The van der Waals surface area contributed by atoms with E-state index in [0.29, 0.717) is 17.9 Å². The molecular weight excluding hydrogens is 406 g/mol. The highest BCUT2D eigenvalue weighted by Gasteiger charge is 2.12. The molecule has 30 heavy (non-hydrogen) atoms. The molecule has 2 N–H and O–H groups in total. The van der Waals surface area contributed by atoms with E-state index in [0.717, 1.165) is 16.6 Å². The maximum atomic E-state index is 12.6. The highest BCUT2D eigenvalue weighted by Crippen LogP contribution is 2.21. The number of aryl methyl sites for hydroxylation is 1. The molecular formula is C21H18ClN5O3. The number of benzene rings is 2. The molecule has 8 nitrogen and oxygen atoms in total. The van der Waals surface area contributed by atoms with Gasteiger partial charge in [0.15, 0.2) is 0 Å². The predicted molar refractivity (Wildman–Crippen MR) is 117 cm³/mol. The minimum atomic E-state index is -0.505. The number of hydrogen-bond acceptors (Lipinski definition) is 5. The maximum Gasteiger partial charge on any atom is 0.292 e. The van der Waals surface area contributed by atoms with Crippen LogP contribution in [0.15, 0.2) is 59.7 Å². The number of nitrogens with zero attached hydrogens (tertiary/aromatic N) is 3. The second kappa shape index (κ2) is 8.00. The van der Waals surface area contributed by atoms with Crippen molar-refractivity contribution in [2.45, 2.75) is 13.3 Å². The topological polar surface area (TPSA) is 106 Å². The average molecular weight is 424 g/mol. The molecule has 9 heteroatoms. The highest BCUT2D eigenvalue weighted by atomic mass is 35.5. The van der Waals surface area contributed by atoms with Crippen molar-refractivity contribution in [3.05, 3.63) is 91.5 Å². The van der Waals surface area contributed by atoms with Gasteiger partial charge in [0.05, 0.1) is 22.5 Å². The molecule has 4 rings (SSSR count). The minimum Gasteiger partial charge on any atom is -0.382 e. The van der Waals surface area contributed by atoms with Crippen LogP contribution in [0.25, 0.3) is 16.6 Å². The summed E-state index contributed by atoms with van der Waals surface area (Å²) in [5.41, 5.74) is 3.72. The number of rotatable bonds is 6. The van der Waals surface area contributed by atoms with Crippen molar-refractivity contribution >= 4 is 33.9 Å². The quantitative estimate of drug-likeness (QED) is 0.356. The van der Waals surface area contributed by atoms with E-state index in [1.807, 2.05) is 6.20 Å². The van der Waals surface area contributed by atoms with Crippen LogP contribution < -0.4 is 10.9 Å². The fourth-order valence-electron chi connectivity index (χ4n) is 3.29. The molecule has 0 unspecified atom stereocenters. The summed E-state index contributed by atoms with van der Waals surface area (Å²) >= 11 is 6.25. The first-order valence-electron chi connectivity index (χ1n) is 9.27. The smallest absolute Gasteiger partial charge is 0.292 e. The first-order chi connectivity index (χ1) is 14.4. The van der Waals surface area contributed by atoms with Gasteiger partial charge in [-0.25, -0.2) is 0 Å². The highest BCUT2D eigenvalue weighted by molar-refractivity contribution is 6.32. The number of aromatic nitrogens is 3. The van der Waals surface area contributed by atoms with Gasteiger partial charge in [-0.05, 0) is 42.7 Å². The number of nitro groups is 1. The van der Waals surface area contributed by atoms with Gasteiger partial charge < -0.3 is 10.3 Å². The van der Waals surface area contributed by atoms with Crippen LogP contribution in [0.4, 0.5) is 11.4 Å². The molecule has 4 aromatic rings. The predicted octanol–water partition coefficient (Wildman–Crippen LogP) is 4.24. The van der Waals surface area contributed by atoms with E-state index < -0.39 is 10.5 Å². The third-order valence-electron chi connectivity index (χ3n) is 4.86. The zero-order chi connectivity index (χ0) is 21.3. The molecule has 0 bridgehead atoms. The van der Waals surface area contributed by atoms with Crippen molar-refractivity contribution in [3.8, 4) is 5.69 Å². The molecule has 2 aromatic heterocycles. The van der Waals surface area contributed by atoms with Crippen molar-refractivity contribution in [1.82, 2.24) is 14.8 Å². The lowest BCUT2D eigenvalue weighted by atomic mass is 10.1. The molecule has 0 saturated carbocycles. The molecule has 2 aromatic carbocycles. The van der Waals surface area contributed by atoms with E-state index in [-0.39, 0.29) is 10.7 Å². The zero-order valence-electron chi connectivity index (χ0n) is 16.1. The van der Waals surface area contributed by atoms with Crippen molar-refractivity contribution in [2.75, 3.05) is 11.9 Å². The number of fused-ring (bicyclic) bond motifs is 1. The number of H-pyrrole nitrogens is 1. The fraction of sp³-hybridized carbons (Fsp3) is 0.143. The van der Waals surface area contributed by atoms with Crippen LogP contribution in [0.2, 0.25) is 5.02 Å². The average Bonchev–Trinajstić information content (AvgIpc) is 3.13. The van der Waals surface area contributed by atoms with Crippen LogP contribution in [0.3, 0.4) is 0 Å². The molecule has 0 aliphatic rings. The molecule has 0 fully saturated rings. The lowest BCUT2D eigenvalue weighted by Gasteiger charge is -2.10. The summed E-state index contributed by atoms with van der Waals surface area (Å²) in [6.45, 7) is 2.62. The van der Waals surface area contributed by atoms with Crippen LogP contribution in [-0.2, 0) is 6.42 Å². The number of halogens is 1. The van der Waals surface area contributed by atoms with Crippen LogP contribution in [0, 0.1) is 17.0 Å².